The molecule has 8 nitrogen and oxygen atoms in total. The van der Waals surface area contributed by atoms with Crippen LogP contribution >= 0.6 is 0 Å². The lowest BCUT2D eigenvalue weighted by molar-refractivity contribution is 0.0402. The summed E-state index contributed by atoms with van der Waals surface area (Å²) in [6.07, 6.45) is 5.23. The van der Waals surface area contributed by atoms with Crippen molar-refractivity contribution in [2.24, 2.45) is 11.8 Å². The number of aromatic nitrogens is 1. The van der Waals surface area contributed by atoms with Crippen LogP contribution in [-0.4, -0.2) is 86.4 Å². The quantitative estimate of drug-likeness (QED) is 0.578. The average Bonchev–Trinajstić information content (AvgIpc) is 2.90. The number of fused-ring (bicyclic) bond motifs is 1. The maximum absolute atomic E-state index is 13.7. The maximum Gasteiger partial charge on any atom is 0.247 e. The first kappa shape index (κ1) is 27.6. The van der Waals surface area contributed by atoms with Crippen molar-refractivity contribution in [3.05, 3.63) is 53.9 Å². The third-order valence-corrected chi connectivity index (χ3v) is 9.10. The number of ether oxygens (including phenoxy) is 2. The lowest BCUT2D eigenvalue weighted by Gasteiger charge is -2.38. The van der Waals surface area contributed by atoms with E-state index in [4.69, 9.17) is 9.47 Å². The van der Waals surface area contributed by atoms with Crippen LogP contribution in [0.2, 0.25) is 0 Å². The molecule has 0 aliphatic carbocycles. The van der Waals surface area contributed by atoms with Crippen molar-refractivity contribution in [1.29, 1.82) is 0 Å². The zero-order chi connectivity index (χ0) is 26.4. The molecule has 4 rings (SSSR count). The molecule has 37 heavy (non-hydrogen) atoms. The zero-order valence-electron chi connectivity index (χ0n) is 21.8. The molecule has 0 bridgehead atoms. The van der Waals surface area contributed by atoms with Gasteiger partial charge in [-0.3, -0.25) is 4.98 Å². The van der Waals surface area contributed by atoms with Gasteiger partial charge in [0.05, 0.1) is 6.61 Å². The van der Waals surface area contributed by atoms with Crippen LogP contribution < -0.4 is 4.74 Å². The molecule has 0 saturated carbocycles. The molecule has 1 aromatic heterocycles. The van der Waals surface area contributed by atoms with Crippen molar-refractivity contribution in [2.75, 3.05) is 46.5 Å². The van der Waals surface area contributed by atoms with Crippen molar-refractivity contribution in [1.82, 2.24) is 14.2 Å². The van der Waals surface area contributed by atoms with E-state index in [1.165, 1.54) is 4.31 Å². The fourth-order valence-electron chi connectivity index (χ4n) is 4.85. The number of likely N-dealkylation sites (N-methyl/N-ethyl adjacent to an activating group) is 1. The summed E-state index contributed by atoms with van der Waals surface area (Å²) in [6, 6.07) is 8.11. The molecule has 9 heteroatoms. The Morgan fingerprint density at radius 1 is 1.19 bits per heavy atom. The Morgan fingerprint density at radius 2 is 1.95 bits per heavy atom. The molecule has 200 valence electrons. The van der Waals surface area contributed by atoms with Crippen molar-refractivity contribution in [3.63, 3.8) is 0 Å². The fraction of sp³-hybridized carbons (Fsp3) is 0.536. The summed E-state index contributed by atoms with van der Waals surface area (Å²) in [6.45, 7) is 6.95. The van der Waals surface area contributed by atoms with Gasteiger partial charge in [-0.05, 0) is 63.1 Å². The summed E-state index contributed by atoms with van der Waals surface area (Å²) in [5.74, 6) is 6.95. The van der Waals surface area contributed by atoms with Gasteiger partial charge in [0.15, 0.2) is 0 Å². The molecule has 2 aliphatic heterocycles. The largest absolute Gasteiger partial charge is 0.487 e. The number of sulfonamides is 1. The molecule has 3 atom stereocenters. The Morgan fingerprint density at radius 3 is 2.65 bits per heavy atom. The Hall–Kier alpha value is -2.48. The van der Waals surface area contributed by atoms with E-state index >= 15 is 0 Å². The number of rotatable bonds is 6. The molecule has 1 aromatic carbocycles. The fourth-order valence-corrected chi connectivity index (χ4v) is 6.68. The predicted molar refractivity (Wildman–Crippen MR) is 142 cm³/mol. The summed E-state index contributed by atoms with van der Waals surface area (Å²) in [5.41, 5.74) is 1.43. The SMILES string of the molecule is C[C@@H]1CN([C@@H](C)CO)S(=O)(=O)c2ccc(C#Cc3cccnc3)cc2O[C@@H]1CN(C)CC1CCOCC1. The predicted octanol–water partition coefficient (Wildman–Crippen LogP) is 2.61. The highest BCUT2D eigenvalue weighted by Gasteiger charge is 2.38. The molecule has 0 radical (unpaired) electrons. The van der Waals surface area contributed by atoms with Crippen LogP contribution in [0.4, 0.5) is 0 Å². The molecule has 2 aromatic rings. The Labute approximate surface area is 220 Å². The van der Waals surface area contributed by atoms with Gasteiger partial charge >= 0.3 is 0 Å². The highest BCUT2D eigenvalue weighted by Crippen LogP contribution is 2.34. The number of benzene rings is 1. The van der Waals surface area contributed by atoms with Crippen LogP contribution in [0.1, 0.15) is 37.8 Å². The van der Waals surface area contributed by atoms with Gasteiger partial charge in [-0.15, -0.1) is 0 Å². The smallest absolute Gasteiger partial charge is 0.247 e. The van der Waals surface area contributed by atoms with Gasteiger partial charge in [0.1, 0.15) is 16.7 Å². The van der Waals surface area contributed by atoms with E-state index < -0.39 is 16.1 Å². The molecule has 1 N–H and O–H groups in total. The minimum Gasteiger partial charge on any atom is -0.487 e. The van der Waals surface area contributed by atoms with Gasteiger partial charge in [-0.1, -0.05) is 18.8 Å². The topological polar surface area (TPSA) is 92.2 Å². The highest BCUT2D eigenvalue weighted by molar-refractivity contribution is 7.89. The summed E-state index contributed by atoms with van der Waals surface area (Å²) < 4.78 is 40.7. The summed E-state index contributed by atoms with van der Waals surface area (Å²) in [5, 5.41) is 9.85. The van der Waals surface area contributed by atoms with Crippen LogP contribution in [0.5, 0.6) is 5.75 Å². The average molecular weight is 528 g/mol. The maximum atomic E-state index is 13.7. The van der Waals surface area contributed by atoms with E-state index in [0.717, 1.165) is 38.2 Å². The van der Waals surface area contributed by atoms with Gasteiger partial charge in [0.25, 0.3) is 0 Å². The number of nitrogens with zero attached hydrogens (tertiary/aromatic N) is 3. The van der Waals surface area contributed by atoms with Crippen LogP contribution in [0, 0.1) is 23.7 Å². The van der Waals surface area contributed by atoms with Crippen LogP contribution in [0.15, 0.2) is 47.6 Å². The Balaban J connectivity index is 1.65. The van der Waals surface area contributed by atoms with Gasteiger partial charge in [-0.2, -0.15) is 4.31 Å². The monoisotopic (exact) mass is 527 g/mol. The second-order valence-electron chi connectivity index (χ2n) is 10.2. The highest BCUT2D eigenvalue weighted by atomic mass is 32.2. The van der Waals surface area contributed by atoms with Crippen LogP contribution in [0.25, 0.3) is 0 Å². The van der Waals surface area contributed by atoms with Crippen LogP contribution in [0.3, 0.4) is 0 Å². The Kier molecular flexibility index (Phi) is 9.22. The van der Waals surface area contributed by atoms with Crippen molar-refractivity contribution in [3.8, 4) is 17.6 Å². The summed E-state index contributed by atoms with van der Waals surface area (Å²) in [4.78, 5) is 6.46. The van der Waals surface area contributed by atoms with E-state index in [1.54, 1.807) is 37.5 Å². The lowest BCUT2D eigenvalue weighted by Crippen LogP contribution is -2.50. The number of aliphatic hydroxyl groups is 1. The first-order valence-electron chi connectivity index (χ1n) is 12.9. The van der Waals surface area contributed by atoms with Crippen LogP contribution in [-0.2, 0) is 14.8 Å². The number of aliphatic hydroxyl groups excluding tert-OH is 1. The number of pyridine rings is 1. The first-order chi connectivity index (χ1) is 17.8. The van der Waals surface area contributed by atoms with Crippen molar-refractivity contribution >= 4 is 10.0 Å². The van der Waals surface area contributed by atoms with E-state index in [-0.39, 0.29) is 30.1 Å². The van der Waals surface area contributed by atoms with E-state index in [1.807, 2.05) is 19.1 Å². The molecule has 2 aliphatic rings. The standard InChI is InChI=1S/C28H37N3O5S/c1-21-17-31(22(2)20-32)37(33,34)28-9-8-23(6-7-24-5-4-12-29-16-24)15-26(28)36-27(21)19-30(3)18-25-10-13-35-14-11-25/h4-5,8-9,12,15-16,21-22,25,27,32H,10-11,13-14,17-20H2,1-3H3/t21-,22+,27-/m1/s1. The summed E-state index contributed by atoms with van der Waals surface area (Å²) in [7, 11) is -1.79. The normalized spacial score (nSPS) is 23.2. The van der Waals surface area contributed by atoms with Crippen molar-refractivity contribution in [2.45, 2.75) is 43.7 Å². The first-order valence-corrected chi connectivity index (χ1v) is 14.3. The molecule has 0 unspecified atom stereocenters. The van der Waals surface area contributed by atoms with Gasteiger partial charge in [-0.25, -0.2) is 8.42 Å². The Bertz CT molecular complexity index is 1210. The zero-order valence-corrected chi connectivity index (χ0v) is 22.7. The van der Waals surface area contributed by atoms with E-state index in [0.29, 0.717) is 23.8 Å². The minimum atomic E-state index is -3.88. The lowest BCUT2D eigenvalue weighted by atomic mass is 9.98. The molecule has 0 amide bonds. The van der Waals surface area contributed by atoms with Crippen molar-refractivity contribution < 1.29 is 23.0 Å². The third kappa shape index (κ3) is 6.89. The number of hydrogen-bond donors (Lipinski definition) is 1. The van der Waals surface area contributed by atoms with Gasteiger partial charge < -0.3 is 19.5 Å². The molecule has 0 spiro atoms. The van der Waals surface area contributed by atoms with E-state index in [9.17, 15) is 13.5 Å². The molecular formula is C28H37N3O5S. The molecular weight excluding hydrogens is 490 g/mol. The molecule has 3 heterocycles. The van der Waals surface area contributed by atoms with E-state index in [2.05, 4.69) is 28.8 Å². The second kappa shape index (κ2) is 12.4. The minimum absolute atomic E-state index is 0.0980. The molecule has 1 fully saturated rings. The third-order valence-electron chi connectivity index (χ3n) is 7.08. The van der Waals surface area contributed by atoms with Gasteiger partial charge in [0.2, 0.25) is 10.0 Å². The van der Waals surface area contributed by atoms with Gasteiger partial charge in [0, 0.05) is 68.3 Å². The number of hydrogen-bond acceptors (Lipinski definition) is 7. The second-order valence-corrected chi connectivity index (χ2v) is 12.0. The summed E-state index contributed by atoms with van der Waals surface area (Å²) >= 11 is 0. The molecule has 1 saturated heterocycles.